The minimum atomic E-state index is -0.269. The molecule has 0 unspecified atom stereocenters. The second-order valence-electron chi connectivity index (χ2n) is 6.54. The SMILES string of the molecule is COc1ccc(CNC(=O)c2cc(NC(C)(C)C)ncn2)cc1OC. The van der Waals surface area contributed by atoms with E-state index in [0.29, 0.717) is 29.6 Å². The first kappa shape index (κ1) is 18.5. The predicted molar refractivity (Wildman–Crippen MR) is 96.1 cm³/mol. The number of ether oxygens (including phenoxy) is 2. The molecule has 1 heterocycles. The molecular weight excluding hydrogens is 320 g/mol. The van der Waals surface area contributed by atoms with Crippen LogP contribution in [0.1, 0.15) is 36.8 Å². The molecule has 0 saturated heterocycles. The molecule has 2 N–H and O–H groups in total. The quantitative estimate of drug-likeness (QED) is 0.838. The maximum Gasteiger partial charge on any atom is 0.270 e. The van der Waals surface area contributed by atoms with Crippen molar-refractivity contribution in [2.75, 3.05) is 19.5 Å². The smallest absolute Gasteiger partial charge is 0.270 e. The first-order chi connectivity index (χ1) is 11.8. The van der Waals surface area contributed by atoms with Gasteiger partial charge in [0.05, 0.1) is 14.2 Å². The Bertz CT molecular complexity index is 741. The summed E-state index contributed by atoms with van der Waals surface area (Å²) < 4.78 is 10.5. The molecule has 7 nitrogen and oxygen atoms in total. The molecule has 2 rings (SSSR count). The summed E-state index contributed by atoms with van der Waals surface area (Å²) in [6, 6.07) is 7.13. The number of rotatable bonds is 6. The first-order valence-electron chi connectivity index (χ1n) is 7.91. The van der Waals surface area contributed by atoms with Gasteiger partial charge in [0, 0.05) is 18.2 Å². The van der Waals surface area contributed by atoms with Crippen LogP contribution >= 0.6 is 0 Å². The van der Waals surface area contributed by atoms with Crippen LogP contribution in [0.3, 0.4) is 0 Å². The third-order valence-electron chi connectivity index (χ3n) is 3.30. The fourth-order valence-corrected chi connectivity index (χ4v) is 2.20. The van der Waals surface area contributed by atoms with E-state index < -0.39 is 0 Å². The van der Waals surface area contributed by atoms with E-state index in [4.69, 9.17) is 9.47 Å². The molecule has 134 valence electrons. The van der Waals surface area contributed by atoms with Crippen LogP contribution in [0.5, 0.6) is 11.5 Å². The van der Waals surface area contributed by atoms with Gasteiger partial charge in [-0.3, -0.25) is 4.79 Å². The third-order valence-corrected chi connectivity index (χ3v) is 3.30. The number of hydrogen-bond donors (Lipinski definition) is 2. The first-order valence-corrected chi connectivity index (χ1v) is 7.91. The Balaban J connectivity index is 2.04. The highest BCUT2D eigenvalue weighted by Gasteiger charge is 2.13. The van der Waals surface area contributed by atoms with Gasteiger partial charge in [0.25, 0.3) is 5.91 Å². The standard InChI is InChI=1S/C18H24N4O3/c1-18(2,3)22-16-9-13(20-11-21-16)17(23)19-10-12-6-7-14(24-4)15(8-12)25-5/h6-9,11H,10H2,1-5H3,(H,19,23)(H,20,21,22). The fourth-order valence-electron chi connectivity index (χ4n) is 2.20. The number of aromatic nitrogens is 2. The summed E-state index contributed by atoms with van der Waals surface area (Å²) in [5.74, 6) is 1.60. The zero-order chi connectivity index (χ0) is 18.4. The molecule has 0 fully saturated rings. The van der Waals surface area contributed by atoms with Crippen molar-refractivity contribution >= 4 is 11.7 Å². The van der Waals surface area contributed by atoms with Crippen molar-refractivity contribution in [3.8, 4) is 11.5 Å². The maximum atomic E-state index is 12.3. The van der Waals surface area contributed by atoms with E-state index in [1.807, 2.05) is 32.9 Å². The molecule has 0 atom stereocenters. The van der Waals surface area contributed by atoms with Crippen molar-refractivity contribution in [2.45, 2.75) is 32.9 Å². The van der Waals surface area contributed by atoms with Crippen LogP contribution in [0.2, 0.25) is 0 Å². The van der Waals surface area contributed by atoms with E-state index in [9.17, 15) is 4.79 Å². The summed E-state index contributed by atoms with van der Waals surface area (Å²) >= 11 is 0. The Morgan fingerprint density at radius 2 is 1.80 bits per heavy atom. The largest absolute Gasteiger partial charge is 0.493 e. The molecular formula is C18H24N4O3. The number of benzene rings is 1. The third kappa shape index (κ3) is 5.34. The number of carbonyl (C=O) groups is 1. The highest BCUT2D eigenvalue weighted by molar-refractivity contribution is 5.92. The average molecular weight is 344 g/mol. The molecule has 0 bridgehead atoms. The fraction of sp³-hybridized carbons (Fsp3) is 0.389. The van der Waals surface area contributed by atoms with Crippen molar-refractivity contribution in [1.29, 1.82) is 0 Å². The van der Waals surface area contributed by atoms with Crippen LogP contribution in [0, 0.1) is 0 Å². The number of hydrogen-bond acceptors (Lipinski definition) is 6. The van der Waals surface area contributed by atoms with Gasteiger partial charge in [0.1, 0.15) is 17.8 Å². The summed E-state index contributed by atoms with van der Waals surface area (Å²) in [6.45, 7) is 6.41. The molecule has 1 aromatic heterocycles. The minimum Gasteiger partial charge on any atom is -0.493 e. The Kier molecular flexibility index (Phi) is 5.80. The number of anilines is 1. The summed E-state index contributed by atoms with van der Waals surface area (Å²) in [5, 5.41) is 6.06. The maximum absolute atomic E-state index is 12.3. The van der Waals surface area contributed by atoms with E-state index in [-0.39, 0.29) is 11.4 Å². The Morgan fingerprint density at radius 1 is 1.08 bits per heavy atom. The van der Waals surface area contributed by atoms with Gasteiger partial charge < -0.3 is 20.1 Å². The van der Waals surface area contributed by atoms with Gasteiger partial charge in [-0.15, -0.1) is 0 Å². The second kappa shape index (κ2) is 7.83. The molecule has 0 spiro atoms. The van der Waals surface area contributed by atoms with Crippen molar-refractivity contribution in [3.63, 3.8) is 0 Å². The zero-order valence-electron chi connectivity index (χ0n) is 15.2. The number of methoxy groups -OCH3 is 2. The van der Waals surface area contributed by atoms with Gasteiger partial charge in [-0.2, -0.15) is 0 Å². The van der Waals surface area contributed by atoms with Gasteiger partial charge in [0.2, 0.25) is 0 Å². The highest BCUT2D eigenvalue weighted by atomic mass is 16.5. The van der Waals surface area contributed by atoms with Crippen molar-refractivity contribution in [1.82, 2.24) is 15.3 Å². The van der Waals surface area contributed by atoms with Gasteiger partial charge in [0.15, 0.2) is 11.5 Å². The molecule has 0 radical (unpaired) electrons. The van der Waals surface area contributed by atoms with E-state index in [1.54, 1.807) is 26.4 Å². The number of amides is 1. The predicted octanol–water partition coefficient (Wildman–Crippen LogP) is 2.63. The molecule has 25 heavy (non-hydrogen) atoms. The Hall–Kier alpha value is -2.83. The van der Waals surface area contributed by atoms with E-state index in [1.165, 1.54) is 6.33 Å². The summed E-state index contributed by atoms with van der Waals surface area (Å²) in [6.07, 6.45) is 1.37. The second-order valence-corrected chi connectivity index (χ2v) is 6.54. The van der Waals surface area contributed by atoms with Crippen LogP contribution in [0.15, 0.2) is 30.6 Å². The highest BCUT2D eigenvalue weighted by Crippen LogP contribution is 2.27. The van der Waals surface area contributed by atoms with Gasteiger partial charge in [-0.05, 0) is 38.5 Å². The summed E-state index contributed by atoms with van der Waals surface area (Å²) in [4.78, 5) is 20.5. The number of nitrogens with one attached hydrogen (secondary N) is 2. The number of nitrogens with zero attached hydrogens (tertiary/aromatic N) is 2. The monoisotopic (exact) mass is 344 g/mol. The molecule has 0 aliphatic carbocycles. The Morgan fingerprint density at radius 3 is 2.44 bits per heavy atom. The van der Waals surface area contributed by atoms with Crippen LogP contribution in [0.4, 0.5) is 5.82 Å². The topological polar surface area (TPSA) is 85.4 Å². The van der Waals surface area contributed by atoms with Crippen molar-refractivity contribution in [3.05, 3.63) is 41.9 Å². The van der Waals surface area contributed by atoms with E-state index >= 15 is 0 Å². The lowest BCUT2D eigenvalue weighted by atomic mass is 10.1. The van der Waals surface area contributed by atoms with Gasteiger partial charge in [-0.25, -0.2) is 9.97 Å². The van der Waals surface area contributed by atoms with E-state index in [0.717, 1.165) is 5.56 Å². The lowest BCUT2D eigenvalue weighted by molar-refractivity contribution is 0.0945. The average Bonchev–Trinajstić information content (AvgIpc) is 2.58. The molecule has 0 saturated carbocycles. The molecule has 1 aromatic carbocycles. The lowest BCUT2D eigenvalue weighted by Gasteiger charge is -2.21. The lowest BCUT2D eigenvalue weighted by Crippen LogP contribution is -2.28. The summed E-state index contributed by atoms with van der Waals surface area (Å²) in [5.41, 5.74) is 1.05. The van der Waals surface area contributed by atoms with Crippen LogP contribution in [-0.4, -0.2) is 35.6 Å². The molecule has 0 aliphatic rings. The molecule has 2 aromatic rings. The minimum absolute atomic E-state index is 0.151. The van der Waals surface area contributed by atoms with Crippen LogP contribution < -0.4 is 20.1 Å². The molecule has 0 aliphatic heterocycles. The van der Waals surface area contributed by atoms with Gasteiger partial charge in [-0.1, -0.05) is 6.07 Å². The zero-order valence-corrected chi connectivity index (χ0v) is 15.2. The van der Waals surface area contributed by atoms with Gasteiger partial charge >= 0.3 is 0 Å². The van der Waals surface area contributed by atoms with E-state index in [2.05, 4.69) is 20.6 Å². The van der Waals surface area contributed by atoms with Crippen LogP contribution in [0.25, 0.3) is 0 Å². The molecule has 7 heteroatoms. The number of carbonyl (C=O) groups excluding carboxylic acids is 1. The molecule has 1 amide bonds. The Labute approximate surface area is 147 Å². The van der Waals surface area contributed by atoms with Crippen LogP contribution in [-0.2, 0) is 6.54 Å². The van der Waals surface area contributed by atoms with Crippen molar-refractivity contribution < 1.29 is 14.3 Å². The van der Waals surface area contributed by atoms with Crippen molar-refractivity contribution in [2.24, 2.45) is 0 Å². The summed E-state index contributed by atoms with van der Waals surface area (Å²) in [7, 11) is 3.16. The normalized spacial score (nSPS) is 10.9.